The molecule has 0 bridgehead atoms. The molecule has 1 aromatic carbocycles. The molecular formula is C13H17ClOSi. The van der Waals surface area contributed by atoms with Crippen molar-refractivity contribution in [3.63, 3.8) is 0 Å². The molecule has 2 unspecified atom stereocenters. The second-order valence-electron chi connectivity index (χ2n) is 5.61. The third-order valence-corrected chi connectivity index (χ3v) is 5.71. The summed E-state index contributed by atoms with van der Waals surface area (Å²) in [5, 5.41) is 0.301. The van der Waals surface area contributed by atoms with Crippen molar-refractivity contribution in [2.75, 3.05) is 0 Å². The number of benzene rings is 1. The van der Waals surface area contributed by atoms with Crippen LogP contribution in [0.4, 0.5) is 0 Å². The minimum atomic E-state index is -1.78. The maximum absolute atomic E-state index is 12.3. The summed E-state index contributed by atoms with van der Waals surface area (Å²) in [6.07, 6.45) is 0.807. The molecule has 3 heteroatoms. The second kappa shape index (κ2) is 3.71. The SMILES string of the molecule is C[Si](C)(C)C(=O)C1(Cl)CC1c1ccccc1. The summed E-state index contributed by atoms with van der Waals surface area (Å²) in [6.45, 7) is 6.21. The van der Waals surface area contributed by atoms with Gasteiger partial charge in [-0.05, 0) is 12.0 Å². The van der Waals surface area contributed by atoms with E-state index >= 15 is 0 Å². The van der Waals surface area contributed by atoms with E-state index < -0.39 is 12.9 Å². The third-order valence-electron chi connectivity index (χ3n) is 3.15. The first-order valence-corrected chi connectivity index (χ1v) is 9.52. The van der Waals surface area contributed by atoms with Crippen LogP contribution in [0, 0.1) is 0 Å². The van der Waals surface area contributed by atoms with E-state index in [0.29, 0.717) is 5.41 Å². The summed E-state index contributed by atoms with van der Waals surface area (Å²) in [5.41, 5.74) is 1.20. The Hall–Kier alpha value is -0.603. The first kappa shape index (κ1) is 11.9. The summed E-state index contributed by atoms with van der Waals surface area (Å²) in [6, 6.07) is 10.1. The Balaban J connectivity index is 2.19. The lowest BCUT2D eigenvalue weighted by atomic mass is 10.1. The quantitative estimate of drug-likeness (QED) is 0.594. The molecule has 0 aliphatic heterocycles. The number of hydrogen-bond acceptors (Lipinski definition) is 1. The summed E-state index contributed by atoms with van der Waals surface area (Å²) in [4.78, 5) is 11.7. The van der Waals surface area contributed by atoms with Crippen molar-refractivity contribution in [1.29, 1.82) is 0 Å². The molecule has 0 amide bonds. The normalized spacial score (nSPS) is 28.9. The highest BCUT2D eigenvalue weighted by molar-refractivity contribution is 7.06. The number of hydrogen-bond donors (Lipinski definition) is 0. The van der Waals surface area contributed by atoms with Crippen LogP contribution < -0.4 is 0 Å². The average Bonchev–Trinajstić information content (AvgIpc) is 2.91. The summed E-state index contributed by atoms with van der Waals surface area (Å²) < 4.78 is 0. The average molecular weight is 253 g/mol. The molecule has 1 aliphatic carbocycles. The van der Waals surface area contributed by atoms with Crippen molar-refractivity contribution in [1.82, 2.24) is 0 Å². The van der Waals surface area contributed by atoms with Crippen LogP contribution in [0.15, 0.2) is 30.3 Å². The van der Waals surface area contributed by atoms with Gasteiger partial charge in [0.15, 0.2) is 0 Å². The van der Waals surface area contributed by atoms with Gasteiger partial charge in [-0.25, -0.2) is 0 Å². The highest BCUT2D eigenvalue weighted by Crippen LogP contribution is 2.58. The van der Waals surface area contributed by atoms with Crippen molar-refractivity contribution in [3.8, 4) is 0 Å². The Labute approximate surface area is 103 Å². The first-order chi connectivity index (χ1) is 7.36. The number of alkyl halides is 1. The van der Waals surface area contributed by atoms with E-state index in [2.05, 4.69) is 31.8 Å². The Morgan fingerprint density at radius 1 is 1.31 bits per heavy atom. The second-order valence-corrected chi connectivity index (χ2v) is 11.2. The van der Waals surface area contributed by atoms with E-state index in [9.17, 15) is 4.79 Å². The van der Waals surface area contributed by atoms with E-state index in [1.165, 1.54) is 5.56 Å². The van der Waals surface area contributed by atoms with Crippen LogP contribution in [-0.4, -0.2) is 18.4 Å². The lowest BCUT2D eigenvalue weighted by Gasteiger charge is -2.19. The van der Waals surface area contributed by atoms with Crippen molar-refractivity contribution in [2.24, 2.45) is 0 Å². The van der Waals surface area contributed by atoms with Crippen LogP contribution in [0.3, 0.4) is 0 Å². The zero-order valence-corrected chi connectivity index (χ0v) is 11.7. The molecule has 0 N–H and O–H groups in total. The predicted molar refractivity (Wildman–Crippen MR) is 70.7 cm³/mol. The van der Waals surface area contributed by atoms with Crippen molar-refractivity contribution >= 4 is 25.1 Å². The number of rotatable bonds is 3. The van der Waals surface area contributed by atoms with E-state index in [1.807, 2.05) is 18.2 Å². The van der Waals surface area contributed by atoms with Gasteiger partial charge < -0.3 is 4.79 Å². The molecule has 0 heterocycles. The fourth-order valence-corrected chi connectivity index (χ4v) is 4.83. The zero-order valence-electron chi connectivity index (χ0n) is 9.96. The molecule has 86 valence electrons. The van der Waals surface area contributed by atoms with Crippen LogP contribution >= 0.6 is 11.6 Å². The van der Waals surface area contributed by atoms with Gasteiger partial charge in [-0.15, -0.1) is 11.6 Å². The predicted octanol–water partition coefficient (Wildman–Crippen LogP) is 3.60. The Kier molecular flexibility index (Phi) is 2.75. The lowest BCUT2D eigenvalue weighted by Crippen LogP contribution is -2.41. The fourth-order valence-electron chi connectivity index (χ4n) is 2.18. The fraction of sp³-hybridized carbons (Fsp3) is 0.462. The van der Waals surface area contributed by atoms with Crippen LogP contribution in [0.5, 0.6) is 0 Å². The van der Waals surface area contributed by atoms with Crippen molar-refractivity contribution in [3.05, 3.63) is 35.9 Å². The highest BCUT2D eigenvalue weighted by Gasteiger charge is 2.61. The van der Waals surface area contributed by atoms with E-state index in [0.717, 1.165) is 6.42 Å². The maximum Gasteiger partial charge on any atom is 0.132 e. The highest BCUT2D eigenvalue weighted by atomic mass is 35.5. The molecule has 0 spiro atoms. The molecule has 0 radical (unpaired) electrons. The molecule has 2 rings (SSSR count). The number of carbonyl (C=O) groups excluding carboxylic acids is 1. The van der Waals surface area contributed by atoms with E-state index in [1.54, 1.807) is 0 Å². The van der Waals surface area contributed by atoms with Crippen LogP contribution in [0.25, 0.3) is 0 Å². The van der Waals surface area contributed by atoms with Crippen LogP contribution in [-0.2, 0) is 4.79 Å². The molecule has 0 aromatic heterocycles. The van der Waals surface area contributed by atoms with E-state index in [4.69, 9.17) is 11.6 Å². The Bertz CT molecular complexity index is 410. The summed E-state index contributed by atoms with van der Waals surface area (Å²) >= 11 is 6.47. The molecule has 2 atom stereocenters. The summed E-state index contributed by atoms with van der Waals surface area (Å²) in [5.74, 6) is 0.231. The molecule has 1 aliphatic rings. The Morgan fingerprint density at radius 3 is 2.38 bits per heavy atom. The minimum absolute atomic E-state index is 0.231. The molecule has 1 nitrogen and oxygen atoms in total. The van der Waals surface area contributed by atoms with Gasteiger partial charge in [0.1, 0.15) is 18.4 Å². The van der Waals surface area contributed by atoms with Gasteiger partial charge in [-0.1, -0.05) is 50.0 Å². The van der Waals surface area contributed by atoms with Gasteiger partial charge in [-0.2, -0.15) is 0 Å². The molecule has 0 saturated heterocycles. The minimum Gasteiger partial charge on any atom is -0.303 e. The number of halogens is 1. The smallest absolute Gasteiger partial charge is 0.132 e. The van der Waals surface area contributed by atoms with Crippen molar-refractivity contribution in [2.45, 2.75) is 36.9 Å². The monoisotopic (exact) mass is 252 g/mol. The van der Waals surface area contributed by atoms with Gasteiger partial charge in [0, 0.05) is 5.92 Å². The van der Waals surface area contributed by atoms with E-state index in [-0.39, 0.29) is 5.92 Å². The Morgan fingerprint density at radius 2 is 1.88 bits per heavy atom. The molecule has 1 fully saturated rings. The first-order valence-electron chi connectivity index (χ1n) is 5.64. The molecule has 1 aromatic rings. The largest absolute Gasteiger partial charge is 0.303 e. The third kappa shape index (κ3) is 1.96. The van der Waals surface area contributed by atoms with Gasteiger partial charge >= 0.3 is 0 Å². The zero-order chi connectivity index (χ0) is 12.0. The van der Waals surface area contributed by atoms with Gasteiger partial charge in [-0.3, -0.25) is 0 Å². The van der Waals surface area contributed by atoms with Gasteiger partial charge in [0.25, 0.3) is 0 Å². The van der Waals surface area contributed by atoms with Crippen LogP contribution in [0.1, 0.15) is 17.9 Å². The molecular weight excluding hydrogens is 236 g/mol. The molecule has 16 heavy (non-hydrogen) atoms. The standard InChI is InChI=1S/C13H17ClOSi/c1-16(2,3)12(15)13(14)9-11(13)10-7-5-4-6-8-10/h4-8,11H,9H2,1-3H3. The summed E-state index contributed by atoms with van der Waals surface area (Å²) in [7, 11) is -1.78. The topological polar surface area (TPSA) is 17.1 Å². The van der Waals surface area contributed by atoms with Crippen molar-refractivity contribution < 1.29 is 4.79 Å². The van der Waals surface area contributed by atoms with Gasteiger partial charge in [0.05, 0.1) is 0 Å². The lowest BCUT2D eigenvalue weighted by molar-refractivity contribution is -0.113. The van der Waals surface area contributed by atoms with Gasteiger partial charge in [0.2, 0.25) is 0 Å². The van der Waals surface area contributed by atoms with Crippen LogP contribution in [0.2, 0.25) is 19.6 Å². The molecule has 1 saturated carbocycles. The maximum atomic E-state index is 12.3. The number of carbonyl (C=O) groups is 1.